The SMILES string of the molecule is Cc1cc(C[C@@H](NC(=O)N2CCC(n3nc(-c4ccccc4)[nH]c3=O)CC2)C(=O)N2CCC(C3CCNCC3)CC2)cc(Cl)c1N. The number of rotatable bonds is 7. The highest BCUT2D eigenvalue weighted by Gasteiger charge is 2.34. The van der Waals surface area contributed by atoms with Gasteiger partial charge in [-0.05, 0) is 87.6 Å². The van der Waals surface area contributed by atoms with E-state index in [-0.39, 0.29) is 23.7 Å². The van der Waals surface area contributed by atoms with Crippen LogP contribution in [0.25, 0.3) is 11.4 Å². The monoisotopic (exact) mass is 648 g/mol. The minimum Gasteiger partial charge on any atom is -0.397 e. The number of nitrogens with zero attached hydrogens (tertiary/aromatic N) is 4. The van der Waals surface area contributed by atoms with Crippen molar-refractivity contribution in [1.29, 1.82) is 0 Å². The number of anilines is 1. The van der Waals surface area contributed by atoms with Crippen LogP contribution in [-0.4, -0.2) is 81.8 Å². The number of hydrogen-bond acceptors (Lipinski definition) is 6. The van der Waals surface area contributed by atoms with Gasteiger partial charge in [-0.3, -0.25) is 9.78 Å². The number of H-pyrrole nitrogens is 1. The topological polar surface area (TPSA) is 141 Å². The second kappa shape index (κ2) is 14.3. The summed E-state index contributed by atoms with van der Waals surface area (Å²) in [5, 5.41) is 11.5. The van der Waals surface area contributed by atoms with Crippen LogP contribution < -0.4 is 22.1 Å². The lowest BCUT2D eigenvalue weighted by molar-refractivity contribution is -0.135. The zero-order valence-corrected chi connectivity index (χ0v) is 27.3. The van der Waals surface area contributed by atoms with Crippen molar-refractivity contribution in [2.75, 3.05) is 45.0 Å². The van der Waals surface area contributed by atoms with Crippen molar-refractivity contribution in [3.63, 3.8) is 0 Å². The number of urea groups is 1. The number of benzene rings is 2. The summed E-state index contributed by atoms with van der Waals surface area (Å²) in [5.41, 5.74) is 8.89. The predicted molar refractivity (Wildman–Crippen MR) is 180 cm³/mol. The normalized spacial score (nSPS) is 19.3. The van der Waals surface area contributed by atoms with Gasteiger partial charge in [-0.25, -0.2) is 14.3 Å². The minimum atomic E-state index is -0.734. The maximum absolute atomic E-state index is 14.0. The molecular weight excluding hydrogens is 604 g/mol. The van der Waals surface area contributed by atoms with E-state index in [4.69, 9.17) is 17.3 Å². The van der Waals surface area contributed by atoms with E-state index in [9.17, 15) is 14.4 Å². The Kier molecular flexibility index (Phi) is 9.98. The lowest BCUT2D eigenvalue weighted by atomic mass is 9.79. The van der Waals surface area contributed by atoms with Crippen molar-refractivity contribution < 1.29 is 9.59 Å². The van der Waals surface area contributed by atoms with Crippen LogP contribution >= 0.6 is 11.6 Å². The fourth-order valence-electron chi connectivity index (χ4n) is 7.37. The number of amides is 3. The molecule has 0 spiro atoms. The van der Waals surface area contributed by atoms with Crippen LogP contribution in [0.1, 0.15) is 55.7 Å². The largest absolute Gasteiger partial charge is 0.397 e. The molecule has 3 fully saturated rings. The Morgan fingerprint density at radius 1 is 0.978 bits per heavy atom. The van der Waals surface area contributed by atoms with Gasteiger partial charge in [0.15, 0.2) is 5.82 Å². The number of halogens is 1. The van der Waals surface area contributed by atoms with Gasteiger partial charge in [0, 0.05) is 38.2 Å². The summed E-state index contributed by atoms with van der Waals surface area (Å²) in [4.78, 5) is 46.9. The van der Waals surface area contributed by atoms with Crippen molar-refractivity contribution in [3.05, 3.63) is 69.1 Å². The second-order valence-electron chi connectivity index (χ2n) is 13.1. The molecule has 0 saturated carbocycles. The molecule has 3 saturated heterocycles. The molecule has 3 aromatic rings. The molecule has 0 bridgehead atoms. The van der Waals surface area contributed by atoms with E-state index in [1.54, 1.807) is 11.0 Å². The van der Waals surface area contributed by atoms with Gasteiger partial charge < -0.3 is 26.2 Å². The van der Waals surface area contributed by atoms with E-state index in [0.29, 0.717) is 67.9 Å². The molecule has 246 valence electrons. The standard InChI is InChI=1S/C34H45ClN8O3/c1-22-19-23(20-28(35)30(22)36)21-29(32(44)41-15-9-25(10-16-41)24-7-13-37-14-8-24)38-33(45)42-17-11-27(12-18-42)43-34(46)39-31(40-43)26-5-3-2-4-6-26/h2-6,19-20,24-25,27,29,37H,7-18,21,36H2,1H3,(H,38,45)(H,39,40,46)/t29-/m1/s1. The number of nitrogen functional groups attached to an aromatic ring is 1. The fourth-order valence-corrected chi connectivity index (χ4v) is 7.66. The molecule has 12 heteroatoms. The molecule has 3 aliphatic rings. The summed E-state index contributed by atoms with van der Waals surface area (Å²) in [5.74, 6) is 1.84. The predicted octanol–water partition coefficient (Wildman–Crippen LogP) is 3.98. The Hall–Kier alpha value is -3.83. The summed E-state index contributed by atoms with van der Waals surface area (Å²) < 4.78 is 1.50. The number of aromatic nitrogens is 3. The molecule has 4 heterocycles. The average Bonchev–Trinajstić information content (AvgIpc) is 3.48. The second-order valence-corrected chi connectivity index (χ2v) is 13.5. The highest BCUT2D eigenvalue weighted by atomic mass is 35.5. The molecule has 11 nitrogen and oxygen atoms in total. The zero-order chi connectivity index (χ0) is 32.2. The lowest BCUT2D eigenvalue weighted by Crippen LogP contribution is -2.55. The minimum absolute atomic E-state index is 0.0610. The van der Waals surface area contributed by atoms with Crippen LogP contribution in [-0.2, 0) is 11.2 Å². The molecule has 2 aromatic carbocycles. The van der Waals surface area contributed by atoms with Crippen molar-refractivity contribution >= 4 is 29.2 Å². The Labute approximate surface area is 274 Å². The summed E-state index contributed by atoms with van der Waals surface area (Å²) in [6.45, 7) is 6.35. The first-order chi connectivity index (χ1) is 22.3. The third-order valence-electron chi connectivity index (χ3n) is 10.1. The fraction of sp³-hybridized carbons (Fsp3) is 0.529. The molecular formula is C34H45ClN8O3. The number of hydrogen-bond donors (Lipinski definition) is 4. The summed E-state index contributed by atoms with van der Waals surface area (Å²) in [7, 11) is 0. The number of nitrogens with one attached hydrogen (secondary N) is 3. The van der Waals surface area contributed by atoms with Gasteiger partial charge in [-0.15, -0.1) is 5.10 Å². The number of likely N-dealkylation sites (tertiary alicyclic amines) is 2. The molecule has 5 N–H and O–H groups in total. The highest BCUT2D eigenvalue weighted by molar-refractivity contribution is 6.33. The smallest absolute Gasteiger partial charge is 0.343 e. The maximum Gasteiger partial charge on any atom is 0.343 e. The Morgan fingerprint density at radius 3 is 2.30 bits per heavy atom. The van der Waals surface area contributed by atoms with E-state index < -0.39 is 6.04 Å². The van der Waals surface area contributed by atoms with Gasteiger partial charge >= 0.3 is 11.7 Å². The third kappa shape index (κ3) is 7.25. The van der Waals surface area contributed by atoms with Crippen molar-refractivity contribution in [1.82, 2.24) is 35.2 Å². The average molecular weight is 649 g/mol. The van der Waals surface area contributed by atoms with E-state index in [1.807, 2.05) is 48.2 Å². The Bertz CT molecular complexity index is 1550. The number of aryl methyl sites for hydroxylation is 1. The van der Waals surface area contributed by atoms with Gasteiger partial charge in [0.2, 0.25) is 5.91 Å². The molecule has 6 rings (SSSR count). The molecule has 1 aromatic heterocycles. The molecule has 0 radical (unpaired) electrons. The van der Waals surface area contributed by atoms with Crippen molar-refractivity contribution in [3.8, 4) is 11.4 Å². The van der Waals surface area contributed by atoms with Gasteiger partial charge in [-0.1, -0.05) is 48.0 Å². The number of nitrogens with two attached hydrogens (primary N) is 1. The zero-order valence-electron chi connectivity index (χ0n) is 26.5. The third-order valence-corrected chi connectivity index (χ3v) is 10.4. The number of carbonyl (C=O) groups is 2. The molecule has 46 heavy (non-hydrogen) atoms. The van der Waals surface area contributed by atoms with Crippen LogP contribution in [0.4, 0.5) is 10.5 Å². The summed E-state index contributed by atoms with van der Waals surface area (Å²) in [6, 6.07) is 12.1. The van der Waals surface area contributed by atoms with Crippen LogP contribution in [0, 0.1) is 18.8 Å². The van der Waals surface area contributed by atoms with E-state index >= 15 is 0 Å². The van der Waals surface area contributed by atoms with Gasteiger partial charge in [0.1, 0.15) is 6.04 Å². The Morgan fingerprint density at radius 2 is 1.63 bits per heavy atom. The number of carbonyl (C=O) groups excluding carboxylic acids is 2. The van der Waals surface area contributed by atoms with Crippen molar-refractivity contribution in [2.24, 2.45) is 11.8 Å². The molecule has 3 amide bonds. The Balaban J connectivity index is 1.11. The number of aromatic amines is 1. The van der Waals surface area contributed by atoms with Gasteiger partial charge in [0.05, 0.1) is 16.8 Å². The van der Waals surface area contributed by atoms with Crippen LogP contribution in [0.5, 0.6) is 0 Å². The van der Waals surface area contributed by atoms with Gasteiger partial charge in [-0.2, -0.15) is 0 Å². The first kappa shape index (κ1) is 32.1. The summed E-state index contributed by atoms with van der Waals surface area (Å²) >= 11 is 6.41. The molecule has 1 atom stereocenters. The first-order valence-electron chi connectivity index (χ1n) is 16.6. The van der Waals surface area contributed by atoms with Gasteiger partial charge in [0.25, 0.3) is 0 Å². The molecule has 0 unspecified atom stereocenters. The van der Waals surface area contributed by atoms with E-state index in [1.165, 1.54) is 17.5 Å². The lowest BCUT2D eigenvalue weighted by Gasteiger charge is -2.39. The quantitative estimate of drug-likeness (QED) is 0.286. The van der Waals surface area contributed by atoms with Crippen LogP contribution in [0.2, 0.25) is 5.02 Å². The molecule has 3 aliphatic heterocycles. The van der Waals surface area contributed by atoms with Crippen LogP contribution in [0.3, 0.4) is 0 Å². The first-order valence-corrected chi connectivity index (χ1v) is 17.0. The van der Waals surface area contributed by atoms with E-state index in [0.717, 1.165) is 48.5 Å². The van der Waals surface area contributed by atoms with Crippen molar-refractivity contribution in [2.45, 2.75) is 64.0 Å². The van der Waals surface area contributed by atoms with E-state index in [2.05, 4.69) is 20.7 Å². The number of piperidine rings is 3. The summed E-state index contributed by atoms with van der Waals surface area (Å²) in [6.07, 6.45) is 5.89. The van der Waals surface area contributed by atoms with Crippen LogP contribution in [0.15, 0.2) is 47.3 Å². The highest BCUT2D eigenvalue weighted by Crippen LogP contribution is 2.31. The maximum atomic E-state index is 14.0. The molecule has 0 aliphatic carbocycles.